The highest BCUT2D eigenvalue weighted by Gasteiger charge is 2.13. The van der Waals surface area contributed by atoms with Crippen LogP contribution in [0.2, 0.25) is 0 Å². The quantitative estimate of drug-likeness (QED) is 0.777. The van der Waals surface area contributed by atoms with Gasteiger partial charge >= 0.3 is 0 Å². The molecule has 0 radical (unpaired) electrons. The molecule has 0 saturated carbocycles. The summed E-state index contributed by atoms with van der Waals surface area (Å²) in [6.45, 7) is 0.701. The summed E-state index contributed by atoms with van der Waals surface area (Å²) >= 11 is 0. The lowest BCUT2D eigenvalue weighted by atomic mass is 9.89. The molecule has 0 aliphatic heterocycles. The number of hydrogen-bond acceptors (Lipinski definition) is 1. The molecule has 0 spiro atoms. The summed E-state index contributed by atoms with van der Waals surface area (Å²) in [4.78, 5) is 0. The Balaban J connectivity index is 2.12. The van der Waals surface area contributed by atoms with Gasteiger partial charge in [-0.05, 0) is 74.2 Å². The molecule has 88 valence electrons. The van der Waals surface area contributed by atoms with Crippen molar-refractivity contribution in [3.63, 3.8) is 0 Å². The van der Waals surface area contributed by atoms with E-state index >= 15 is 0 Å². The summed E-state index contributed by atoms with van der Waals surface area (Å²) in [6, 6.07) is 3.84. The first-order valence-corrected chi connectivity index (χ1v) is 6.31. The topological polar surface area (TPSA) is 26.0 Å². The molecule has 16 heavy (non-hydrogen) atoms. The van der Waals surface area contributed by atoms with Crippen molar-refractivity contribution in [1.29, 1.82) is 0 Å². The Morgan fingerprint density at radius 2 is 1.75 bits per heavy atom. The van der Waals surface area contributed by atoms with Crippen LogP contribution in [0.15, 0.2) is 12.1 Å². The van der Waals surface area contributed by atoms with Crippen LogP contribution in [0.1, 0.15) is 42.4 Å². The fourth-order valence-electron chi connectivity index (χ4n) is 2.46. The number of halogens is 1. The van der Waals surface area contributed by atoms with Crippen LogP contribution in [0.5, 0.6) is 0 Å². The maximum Gasteiger partial charge on any atom is 0.126 e. The first-order valence-electron chi connectivity index (χ1n) is 6.31. The third-order valence-corrected chi connectivity index (χ3v) is 3.41. The first-order chi connectivity index (χ1) is 7.81. The van der Waals surface area contributed by atoms with Crippen molar-refractivity contribution < 1.29 is 4.39 Å². The second kappa shape index (κ2) is 5.44. The second-order valence-electron chi connectivity index (χ2n) is 4.67. The summed E-state index contributed by atoms with van der Waals surface area (Å²) in [7, 11) is 0. The van der Waals surface area contributed by atoms with Crippen molar-refractivity contribution in [2.24, 2.45) is 5.73 Å². The lowest BCUT2D eigenvalue weighted by Gasteiger charge is -2.17. The lowest BCUT2D eigenvalue weighted by molar-refractivity contribution is 0.589. The minimum Gasteiger partial charge on any atom is -0.330 e. The molecule has 1 aromatic carbocycles. The van der Waals surface area contributed by atoms with Gasteiger partial charge in [0.05, 0.1) is 0 Å². The van der Waals surface area contributed by atoms with Crippen molar-refractivity contribution in [1.82, 2.24) is 0 Å². The van der Waals surface area contributed by atoms with Crippen LogP contribution in [0.4, 0.5) is 4.39 Å². The Kier molecular flexibility index (Phi) is 3.94. The minimum absolute atomic E-state index is 0.0160. The molecule has 0 unspecified atom stereocenters. The Hall–Kier alpha value is -0.890. The fraction of sp³-hybridized carbons (Fsp3) is 0.571. The van der Waals surface area contributed by atoms with Gasteiger partial charge in [0.15, 0.2) is 0 Å². The van der Waals surface area contributed by atoms with Gasteiger partial charge in [-0.1, -0.05) is 6.07 Å². The number of fused-ring (bicyclic) bond motifs is 1. The van der Waals surface area contributed by atoms with Crippen LogP contribution in [0.3, 0.4) is 0 Å². The molecule has 0 atom stereocenters. The molecular weight excluding hydrogens is 201 g/mol. The average molecular weight is 221 g/mol. The van der Waals surface area contributed by atoms with E-state index in [0.717, 1.165) is 37.7 Å². The Morgan fingerprint density at radius 1 is 1.06 bits per heavy atom. The smallest absolute Gasteiger partial charge is 0.126 e. The van der Waals surface area contributed by atoms with Gasteiger partial charge in [-0.25, -0.2) is 4.39 Å². The van der Waals surface area contributed by atoms with Crippen LogP contribution in [0, 0.1) is 5.82 Å². The molecule has 0 aromatic heterocycles. The normalized spacial score (nSPS) is 14.9. The van der Waals surface area contributed by atoms with Gasteiger partial charge in [-0.15, -0.1) is 0 Å². The summed E-state index contributed by atoms with van der Waals surface area (Å²) in [5, 5.41) is 0. The monoisotopic (exact) mass is 221 g/mol. The molecule has 0 heterocycles. The van der Waals surface area contributed by atoms with Crippen LogP contribution in [-0.4, -0.2) is 6.54 Å². The van der Waals surface area contributed by atoms with E-state index in [0.29, 0.717) is 6.54 Å². The summed E-state index contributed by atoms with van der Waals surface area (Å²) in [5.41, 5.74) is 8.93. The average Bonchev–Trinajstić information content (AvgIpc) is 2.30. The SMILES string of the molecule is NCCCCc1cc2c(cc1F)CCCC2. The molecule has 0 bridgehead atoms. The molecule has 1 aromatic rings. The van der Waals surface area contributed by atoms with E-state index < -0.39 is 0 Å². The van der Waals surface area contributed by atoms with Crippen molar-refractivity contribution in [2.45, 2.75) is 44.9 Å². The number of benzene rings is 1. The highest BCUT2D eigenvalue weighted by atomic mass is 19.1. The van der Waals surface area contributed by atoms with Crippen LogP contribution >= 0.6 is 0 Å². The van der Waals surface area contributed by atoms with Gasteiger partial charge in [-0.3, -0.25) is 0 Å². The van der Waals surface area contributed by atoms with Gasteiger partial charge in [0.1, 0.15) is 5.82 Å². The van der Waals surface area contributed by atoms with Crippen molar-refractivity contribution in [3.05, 3.63) is 34.6 Å². The Morgan fingerprint density at radius 3 is 2.44 bits per heavy atom. The van der Waals surface area contributed by atoms with Crippen LogP contribution in [-0.2, 0) is 19.3 Å². The molecule has 1 nitrogen and oxygen atoms in total. The highest BCUT2D eigenvalue weighted by molar-refractivity contribution is 5.35. The predicted octanol–water partition coefficient (Wildman–Crippen LogP) is 2.99. The number of unbranched alkanes of at least 4 members (excludes halogenated alkanes) is 1. The highest BCUT2D eigenvalue weighted by Crippen LogP contribution is 2.25. The van der Waals surface area contributed by atoms with E-state index in [1.165, 1.54) is 24.0 Å². The number of rotatable bonds is 4. The molecule has 1 aliphatic rings. The van der Waals surface area contributed by atoms with Crippen LogP contribution in [0.25, 0.3) is 0 Å². The van der Waals surface area contributed by atoms with Crippen molar-refractivity contribution >= 4 is 0 Å². The van der Waals surface area contributed by atoms with E-state index in [-0.39, 0.29) is 5.82 Å². The van der Waals surface area contributed by atoms with Crippen molar-refractivity contribution in [2.75, 3.05) is 6.54 Å². The van der Waals surface area contributed by atoms with Crippen LogP contribution < -0.4 is 5.73 Å². The second-order valence-corrected chi connectivity index (χ2v) is 4.67. The third kappa shape index (κ3) is 2.62. The van der Waals surface area contributed by atoms with Gasteiger partial charge in [-0.2, -0.15) is 0 Å². The molecular formula is C14H20FN. The molecule has 2 heteroatoms. The maximum absolute atomic E-state index is 13.8. The lowest BCUT2D eigenvalue weighted by Crippen LogP contribution is -2.06. The molecule has 2 rings (SSSR count). The molecule has 0 saturated heterocycles. The largest absolute Gasteiger partial charge is 0.330 e. The summed E-state index contributed by atoms with van der Waals surface area (Å²) < 4.78 is 13.8. The van der Waals surface area contributed by atoms with Crippen molar-refractivity contribution in [3.8, 4) is 0 Å². The Bertz CT molecular complexity index is 360. The van der Waals surface area contributed by atoms with E-state index in [2.05, 4.69) is 6.07 Å². The zero-order valence-electron chi connectivity index (χ0n) is 9.77. The van der Waals surface area contributed by atoms with Gasteiger partial charge in [0, 0.05) is 0 Å². The van der Waals surface area contributed by atoms with E-state index in [1.807, 2.05) is 0 Å². The Labute approximate surface area is 96.9 Å². The molecule has 1 aliphatic carbocycles. The summed E-state index contributed by atoms with van der Waals surface area (Å²) in [5.74, 6) is -0.0160. The zero-order chi connectivity index (χ0) is 11.4. The number of aryl methyl sites for hydroxylation is 3. The first kappa shape index (κ1) is 11.6. The fourth-order valence-corrected chi connectivity index (χ4v) is 2.46. The van der Waals surface area contributed by atoms with E-state index in [9.17, 15) is 4.39 Å². The molecule has 2 N–H and O–H groups in total. The zero-order valence-corrected chi connectivity index (χ0v) is 9.77. The van der Waals surface area contributed by atoms with Gasteiger partial charge in [0.25, 0.3) is 0 Å². The van der Waals surface area contributed by atoms with Gasteiger partial charge in [0.2, 0.25) is 0 Å². The van der Waals surface area contributed by atoms with E-state index in [4.69, 9.17) is 5.73 Å². The maximum atomic E-state index is 13.8. The third-order valence-electron chi connectivity index (χ3n) is 3.41. The predicted molar refractivity (Wildman–Crippen MR) is 65.0 cm³/mol. The standard InChI is InChI=1S/C14H20FN/c15-14-10-12-6-2-1-5-11(12)9-13(14)7-3-4-8-16/h9-10H,1-8,16H2. The summed E-state index contributed by atoms with van der Waals surface area (Å²) in [6.07, 6.45) is 7.44. The number of nitrogens with two attached hydrogens (primary N) is 1. The minimum atomic E-state index is -0.0160. The van der Waals surface area contributed by atoms with E-state index in [1.54, 1.807) is 6.07 Å². The number of hydrogen-bond donors (Lipinski definition) is 1. The molecule has 0 fully saturated rings. The van der Waals surface area contributed by atoms with Gasteiger partial charge < -0.3 is 5.73 Å². The molecule has 0 amide bonds.